The molecule has 0 bridgehead atoms. The SMILES string of the molecule is COCC(C)NC(=O)COC(=O)c1cc(N)ccc1F. The van der Waals surface area contributed by atoms with E-state index in [1.807, 2.05) is 0 Å². The van der Waals surface area contributed by atoms with Gasteiger partial charge in [0.2, 0.25) is 0 Å². The Balaban J connectivity index is 2.51. The van der Waals surface area contributed by atoms with Crippen molar-refractivity contribution < 1.29 is 23.5 Å². The maximum Gasteiger partial charge on any atom is 0.341 e. The van der Waals surface area contributed by atoms with E-state index in [2.05, 4.69) is 5.32 Å². The number of nitrogen functional groups attached to an aromatic ring is 1. The van der Waals surface area contributed by atoms with Crippen molar-refractivity contribution >= 4 is 17.6 Å². The minimum absolute atomic E-state index is 0.213. The number of benzene rings is 1. The van der Waals surface area contributed by atoms with Crippen molar-refractivity contribution in [2.45, 2.75) is 13.0 Å². The first-order valence-electron chi connectivity index (χ1n) is 5.94. The summed E-state index contributed by atoms with van der Waals surface area (Å²) in [6.45, 7) is 1.57. The lowest BCUT2D eigenvalue weighted by Gasteiger charge is -2.12. The number of nitrogens with two attached hydrogens (primary N) is 1. The molecule has 0 aromatic heterocycles. The number of nitrogens with one attached hydrogen (secondary N) is 1. The molecule has 110 valence electrons. The molecule has 0 aliphatic carbocycles. The number of carbonyl (C=O) groups is 2. The Kier molecular flexibility index (Phi) is 5.92. The molecule has 1 aromatic carbocycles. The third-order valence-electron chi connectivity index (χ3n) is 2.37. The zero-order valence-electron chi connectivity index (χ0n) is 11.3. The first-order chi connectivity index (χ1) is 9.43. The van der Waals surface area contributed by atoms with Crippen LogP contribution in [0.15, 0.2) is 18.2 Å². The van der Waals surface area contributed by atoms with E-state index in [0.29, 0.717) is 6.61 Å². The molecule has 7 heteroatoms. The predicted molar refractivity (Wildman–Crippen MR) is 70.6 cm³/mol. The first kappa shape index (κ1) is 15.9. The van der Waals surface area contributed by atoms with Crippen molar-refractivity contribution in [1.82, 2.24) is 5.32 Å². The molecule has 1 aromatic rings. The second kappa shape index (κ2) is 7.44. The van der Waals surface area contributed by atoms with Crippen molar-refractivity contribution in [3.8, 4) is 0 Å². The Morgan fingerprint density at radius 1 is 1.45 bits per heavy atom. The van der Waals surface area contributed by atoms with Crippen LogP contribution in [0.1, 0.15) is 17.3 Å². The smallest absolute Gasteiger partial charge is 0.341 e. The molecule has 1 rings (SSSR count). The molecule has 1 unspecified atom stereocenters. The number of halogens is 1. The summed E-state index contributed by atoms with van der Waals surface area (Å²) in [5.41, 5.74) is 5.38. The fraction of sp³-hybridized carbons (Fsp3) is 0.385. The van der Waals surface area contributed by atoms with Gasteiger partial charge in [-0.3, -0.25) is 4.79 Å². The summed E-state index contributed by atoms with van der Waals surface area (Å²) in [5.74, 6) is -2.19. The average molecular weight is 284 g/mol. The summed E-state index contributed by atoms with van der Waals surface area (Å²) in [6, 6.07) is 3.33. The number of amides is 1. The third-order valence-corrected chi connectivity index (χ3v) is 2.37. The minimum atomic E-state index is -0.940. The largest absolute Gasteiger partial charge is 0.452 e. The molecule has 0 radical (unpaired) electrons. The number of rotatable bonds is 6. The van der Waals surface area contributed by atoms with Gasteiger partial charge < -0.3 is 20.5 Å². The van der Waals surface area contributed by atoms with Crippen molar-refractivity contribution in [3.05, 3.63) is 29.6 Å². The number of ether oxygens (including phenoxy) is 2. The van der Waals surface area contributed by atoms with Gasteiger partial charge in [-0.05, 0) is 25.1 Å². The van der Waals surface area contributed by atoms with E-state index in [4.69, 9.17) is 15.2 Å². The van der Waals surface area contributed by atoms with Gasteiger partial charge in [0.1, 0.15) is 5.82 Å². The Morgan fingerprint density at radius 3 is 2.80 bits per heavy atom. The van der Waals surface area contributed by atoms with E-state index < -0.39 is 24.3 Å². The maximum atomic E-state index is 13.4. The van der Waals surface area contributed by atoms with Crippen molar-refractivity contribution in [1.29, 1.82) is 0 Å². The predicted octanol–water partition coefficient (Wildman–Crippen LogP) is 0.716. The lowest BCUT2D eigenvalue weighted by atomic mass is 10.2. The van der Waals surface area contributed by atoms with Crippen LogP contribution >= 0.6 is 0 Å². The molecule has 0 saturated carbocycles. The lowest BCUT2D eigenvalue weighted by molar-refractivity contribution is -0.125. The number of carbonyl (C=O) groups excluding carboxylic acids is 2. The molecule has 1 amide bonds. The normalized spacial score (nSPS) is 11.8. The maximum absolute atomic E-state index is 13.4. The van der Waals surface area contributed by atoms with Crippen LogP contribution in [0.4, 0.5) is 10.1 Å². The number of esters is 1. The van der Waals surface area contributed by atoms with Crippen LogP contribution < -0.4 is 11.1 Å². The van der Waals surface area contributed by atoms with Gasteiger partial charge in [-0.1, -0.05) is 0 Å². The third kappa shape index (κ3) is 4.85. The van der Waals surface area contributed by atoms with Crippen LogP contribution in [0.5, 0.6) is 0 Å². The van der Waals surface area contributed by atoms with Crippen LogP contribution in [-0.4, -0.2) is 38.2 Å². The van der Waals surface area contributed by atoms with E-state index in [1.165, 1.54) is 13.2 Å². The summed E-state index contributed by atoms with van der Waals surface area (Å²) in [5, 5.41) is 2.55. The second-order valence-electron chi connectivity index (χ2n) is 4.24. The van der Waals surface area contributed by atoms with Gasteiger partial charge in [-0.2, -0.15) is 0 Å². The first-order valence-corrected chi connectivity index (χ1v) is 5.94. The Morgan fingerprint density at radius 2 is 2.15 bits per heavy atom. The van der Waals surface area contributed by atoms with E-state index in [0.717, 1.165) is 12.1 Å². The Bertz CT molecular complexity index is 493. The molecule has 0 spiro atoms. The topological polar surface area (TPSA) is 90.6 Å². The highest BCUT2D eigenvalue weighted by atomic mass is 19.1. The number of hydrogen-bond donors (Lipinski definition) is 2. The van der Waals surface area contributed by atoms with Gasteiger partial charge >= 0.3 is 5.97 Å². The molecular formula is C13H17FN2O4. The molecule has 0 fully saturated rings. The van der Waals surface area contributed by atoms with E-state index in [-0.39, 0.29) is 17.3 Å². The zero-order valence-corrected chi connectivity index (χ0v) is 11.3. The van der Waals surface area contributed by atoms with E-state index in [1.54, 1.807) is 6.92 Å². The van der Waals surface area contributed by atoms with E-state index in [9.17, 15) is 14.0 Å². The standard InChI is InChI=1S/C13H17FN2O4/c1-8(6-19-2)16-12(17)7-20-13(18)10-5-9(15)3-4-11(10)14/h3-5,8H,6-7,15H2,1-2H3,(H,16,17). The number of anilines is 1. The summed E-state index contributed by atoms with van der Waals surface area (Å²) >= 11 is 0. The molecule has 20 heavy (non-hydrogen) atoms. The highest BCUT2D eigenvalue weighted by Gasteiger charge is 2.16. The number of methoxy groups -OCH3 is 1. The molecule has 6 nitrogen and oxygen atoms in total. The molecule has 3 N–H and O–H groups in total. The van der Waals surface area contributed by atoms with Gasteiger partial charge in [-0.15, -0.1) is 0 Å². The Hall–Kier alpha value is -2.15. The zero-order chi connectivity index (χ0) is 15.1. The summed E-state index contributed by atoms with van der Waals surface area (Å²) in [6.07, 6.45) is 0. The van der Waals surface area contributed by atoms with Crippen LogP contribution in [-0.2, 0) is 14.3 Å². The van der Waals surface area contributed by atoms with Gasteiger partial charge in [0, 0.05) is 18.8 Å². The quantitative estimate of drug-likeness (QED) is 0.593. The highest BCUT2D eigenvalue weighted by molar-refractivity contribution is 5.92. The van der Waals surface area contributed by atoms with Gasteiger partial charge in [0.05, 0.1) is 12.2 Å². The van der Waals surface area contributed by atoms with Gasteiger partial charge in [-0.25, -0.2) is 9.18 Å². The highest BCUT2D eigenvalue weighted by Crippen LogP contribution is 2.13. The minimum Gasteiger partial charge on any atom is -0.452 e. The van der Waals surface area contributed by atoms with Crippen LogP contribution in [0, 0.1) is 5.82 Å². The monoisotopic (exact) mass is 284 g/mol. The van der Waals surface area contributed by atoms with Crippen LogP contribution in [0.25, 0.3) is 0 Å². The lowest BCUT2D eigenvalue weighted by Crippen LogP contribution is -2.38. The fourth-order valence-corrected chi connectivity index (χ4v) is 1.52. The molecular weight excluding hydrogens is 267 g/mol. The van der Waals surface area contributed by atoms with Crippen LogP contribution in [0.2, 0.25) is 0 Å². The van der Waals surface area contributed by atoms with Crippen molar-refractivity contribution in [2.24, 2.45) is 0 Å². The molecule has 1 atom stereocenters. The number of hydrogen-bond acceptors (Lipinski definition) is 5. The average Bonchev–Trinajstić information content (AvgIpc) is 2.39. The second-order valence-corrected chi connectivity index (χ2v) is 4.24. The van der Waals surface area contributed by atoms with E-state index >= 15 is 0 Å². The fourth-order valence-electron chi connectivity index (χ4n) is 1.52. The van der Waals surface area contributed by atoms with Gasteiger partial charge in [0.25, 0.3) is 5.91 Å². The van der Waals surface area contributed by atoms with Gasteiger partial charge in [0.15, 0.2) is 6.61 Å². The summed E-state index contributed by atoms with van der Waals surface area (Å²) < 4.78 is 22.9. The molecule has 0 aliphatic rings. The molecule has 0 aliphatic heterocycles. The Labute approximate surface area is 116 Å². The summed E-state index contributed by atoms with van der Waals surface area (Å²) in [4.78, 5) is 23.1. The van der Waals surface area contributed by atoms with Crippen molar-refractivity contribution in [3.63, 3.8) is 0 Å². The summed E-state index contributed by atoms with van der Waals surface area (Å²) in [7, 11) is 1.51. The molecule has 0 heterocycles. The van der Waals surface area contributed by atoms with Crippen LogP contribution in [0.3, 0.4) is 0 Å². The van der Waals surface area contributed by atoms with Crippen molar-refractivity contribution in [2.75, 3.05) is 26.1 Å². The molecule has 0 saturated heterocycles.